The van der Waals surface area contributed by atoms with Gasteiger partial charge in [0.05, 0.1) is 12.1 Å². The zero-order valence-corrected chi connectivity index (χ0v) is 12.4. The molecule has 1 aliphatic heterocycles. The fourth-order valence-electron chi connectivity index (χ4n) is 2.31. The number of carbonyl (C=O) groups is 2. The van der Waals surface area contributed by atoms with Gasteiger partial charge in [-0.05, 0) is 48.9 Å². The van der Waals surface area contributed by atoms with Gasteiger partial charge in [0.15, 0.2) is 6.10 Å². The molecule has 5 nitrogen and oxygen atoms in total. The molecular weight excluding hydrogens is 299 g/mol. The van der Waals surface area contributed by atoms with Crippen molar-refractivity contribution in [1.82, 2.24) is 0 Å². The first kappa shape index (κ1) is 15.0. The number of rotatable bonds is 3. The van der Waals surface area contributed by atoms with Crippen LogP contribution >= 0.6 is 0 Å². The molecule has 1 heterocycles. The third kappa shape index (κ3) is 3.48. The molecule has 3 rings (SSSR count). The summed E-state index contributed by atoms with van der Waals surface area (Å²) in [7, 11) is 0. The summed E-state index contributed by atoms with van der Waals surface area (Å²) in [5.41, 5.74) is 2.06. The van der Waals surface area contributed by atoms with Gasteiger partial charge in [0.25, 0.3) is 5.91 Å². The molecule has 1 atom stereocenters. The Balaban J connectivity index is 1.66. The van der Waals surface area contributed by atoms with Gasteiger partial charge in [-0.15, -0.1) is 0 Å². The quantitative estimate of drug-likeness (QED) is 0.915. The minimum atomic E-state index is -0.898. The molecule has 0 saturated heterocycles. The number of hydrogen-bond donors (Lipinski definition) is 2. The highest BCUT2D eigenvalue weighted by Gasteiger charge is 2.29. The van der Waals surface area contributed by atoms with E-state index in [2.05, 4.69) is 10.6 Å². The van der Waals surface area contributed by atoms with Crippen molar-refractivity contribution in [1.29, 1.82) is 0 Å². The van der Waals surface area contributed by atoms with Crippen molar-refractivity contribution >= 4 is 23.2 Å². The molecule has 0 bridgehead atoms. The third-order valence-electron chi connectivity index (χ3n) is 3.45. The summed E-state index contributed by atoms with van der Waals surface area (Å²) in [5.74, 6) is -0.593. The van der Waals surface area contributed by atoms with E-state index in [0.29, 0.717) is 17.1 Å². The number of halogens is 1. The van der Waals surface area contributed by atoms with Crippen LogP contribution in [-0.4, -0.2) is 17.9 Å². The van der Waals surface area contributed by atoms with E-state index in [4.69, 9.17) is 4.74 Å². The van der Waals surface area contributed by atoms with Gasteiger partial charge in [0.1, 0.15) is 11.6 Å². The van der Waals surface area contributed by atoms with Gasteiger partial charge in [-0.2, -0.15) is 0 Å². The van der Waals surface area contributed by atoms with E-state index in [1.54, 1.807) is 6.07 Å². The molecule has 0 radical (unpaired) electrons. The predicted octanol–water partition coefficient (Wildman–Crippen LogP) is 2.86. The van der Waals surface area contributed by atoms with Crippen molar-refractivity contribution in [2.45, 2.75) is 19.4 Å². The van der Waals surface area contributed by atoms with Crippen LogP contribution in [0, 0.1) is 12.7 Å². The molecule has 0 fully saturated rings. The van der Waals surface area contributed by atoms with Crippen LogP contribution in [0.4, 0.5) is 15.8 Å². The Morgan fingerprint density at radius 1 is 1.26 bits per heavy atom. The standard InChI is InChI=1S/C17H15FN2O3/c1-10-2-7-14-13(8-10)20-17(22)15(23-14)9-16(21)19-12-5-3-11(18)4-6-12/h2-8,15H,9H2,1H3,(H,19,21)(H,20,22). The molecule has 2 amide bonds. The highest BCUT2D eigenvalue weighted by atomic mass is 19.1. The van der Waals surface area contributed by atoms with Crippen molar-refractivity contribution in [3.05, 3.63) is 53.8 Å². The maximum atomic E-state index is 12.8. The number of fused-ring (bicyclic) bond motifs is 1. The highest BCUT2D eigenvalue weighted by molar-refractivity contribution is 6.02. The number of aryl methyl sites for hydroxylation is 1. The lowest BCUT2D eigenvalue weighted by Crippen LogP contribution is -2.39. The van der Waals surface area contributed by atoms with Crippen molar-refractivity contribution < 1.29 is 18.7 Å². The molecule has 0 aliphatic carbocycles. The minimum Gasteiger partial charge on any atom is -0.478 e. The first-order valence-corrected chi connectivity index (χ1v) is 7.15. The average molecular weight is 314 g/mol. The Morgan fingerprint density at radius 3 is 2.74 bits per heavy atom. The van der Waals surface area contributed by atoms with Gasteiger partial charge in [0, 0.05) is 5.69 Å². The molecule has 0 spiro atoms. The largest absolute Gasteiger partial charge is 0.478 e. The van der Waals surface area contributed by atoms with Crippen LogP contribution in [0.3, 0.4) is 0 Å². The Kier molecular flexibility index (Phi) is 3.97. The van der Waals surface area contributed by atoms with E-state index >= 15 is 0 Å². The Labute approximate surface area is 132 Å². The fourth-order valence-corrected chi connectivity index (χ4v) is 2.31. The average Bonchev–Trinajstić information content (AvgIpc) is 2.50. The lowest BCUT2D eigenvalue weighted by Gasteiger charge is -2.25. The number of nitrogens with one attached hydrogen (secondary N) is 2. The lowest BCUT2D eigenvalue weighted by atomic mass is 10.1. The molecule has 0 aromatic heterocycles. The molecule has 1 aliphatic rings. The van der Waals surface area contributed by atoms with Crippen LogP contribution in [0.5, 0.6) is 5.75 Å². The summed E-state index contributed by atoms with van der Waals surface area (Å²) in [5, 5.41) is 5.34. The van der Waals surface area contributed by atoms with Gasteiger partial charge in [-0.1, -0.05) is 6.07 Å². The van der Waals surface area contributed by atoms with Crippen molar-refractivity contribution in [3.8, 4) is 5.75 Å². The number of benzene rings is 2. The SMILES string of the molecule is Cc1ccc2c(c1)NC(=O)C(CC(=O)Nc1ccc(F)cc1)O2. The molecule has 0 saturated carbocycles. The smallest absolute Gasteiger partial charge is 0.266 e. The van der Waals surface area contributed by atoms with Crippen LogP contribution in [0.1, 0.15) is 12.0 Å². The molecule has 2 aromatic carbocycles. The molecule has 2 aromatic rings. The summed E-state index contributed by atoms with van der Waals surface area (Å²) in [4.78, 5) is 24.0. The third-order valence-corrected chi connectivity index (χ3v) is 3.45. The number of hydrogen-bond acceptors (Lipinski definition) is 3. The lowest BCUT2D eigenvalue weighted by molar-refractivity contribution is -0.128. The van der Waals surface area contributed by atoms with Gasteiger partial charge in [-0.3, -0.25) is 9.59 Å². The first-order chi connectivity index (χ1) is 11.0. The maximum Gasteiger partial charge on any atom is 0.266 e. The van der Waals surface area contributed by atoms with E-state index in [1.807, 2.05) is 19.1 Å². The molecule has 118 valence electrons. The van der Waals surface area contributed by atoms with Crippen LogP contribution in [-0.2, 0) is 9.59 Å². The van der Waals surface area contributed by atoms with Crippen LogP contribution in [0.25, 0.3) is 0 Å². The van der Waals surface area contributed by atoms with Gasteiger partial charge in [0.2, 0.25) is 5.91 Å². The second-order valence-electron chi connectivity index (χ2n) is 5.35. The minimum absolute atomic E-state index is 0.128. The van der Waals surface area contributed by atoms with Crippen molar-refractivity contribution in [2.75, 3.05) is 10.6 Å². The topological polar surface area (TPSA) is 67.4 Å². The number of ether oxygens (including phenoxy) is 1. The second-order valence-corrected chi connectivity index (χ2v) is 5.35. The van der Waals surface area contributed by atoms with Gasteiger partial charge >= 0.3 is 0 Å². The number of carbonyl (C=O) groups excluding carboxylic acids is 2. The Morgan fingerprint density at radius 2 is 2.00 bits per heavy atom. The zero-order chi connectivity index (χ0) is 16.4. The van der Waals surface area contributed by atoms with Crippen LogP contribution in [0.15, 0.2) is 42.5 Å². The number of anilines is 2. The molecular formula is C17H15FN2O3. The van der Waals surface area contributed by atoms with Gasteiger partial charge < -0.3 is 15.4 Å². The zero-order valence-electron chi connectivity index (χ0n) is 12.4. The monoisotopic (exact) mass is 314 g/mol. The van der Waals surface area contributed by atoms with E-state index in [9.17, 15) is 14.0 Å². The van der Waals surface area contributed by atoms with E-state index in [1.165, 1.54) is 24.3 Å². The second kappa shape index (κ2) is 6.08. The van der Waals surface area contributed by atoms with E-state index < -0.39 is 6.10 Å². The van der Waals surface area contributed by atoms with Crippen molar-refractivity contribution in [2.24, 2.45) is 0 Å². The predicted molar refractivity (Wildman–Crippen MR) is 83.9 cm³/mol. The summed E-state index contributed by atoms with van der Waals surface area (Å²) < 4.78 is 18.4. The van der Waals surface area contributed by atoms with Gasteiger partial charge in [-0.25, -0.2) is 4.39 Å². The van der Waals surface area contributed by atoms with Crippen LogP contribution in [0.2, 0.25) is 0 Å². The summed E-state index contributed by atoms with van der Waals surface area (Å²) >= 11 is 0. The molecule has 23 heavy (non-hydrogen) atoms. The molecule has 1 unspecified atom stereocenters. The summed E-state index contributed by atoms with van der Waals surface area (Å²) in [6, 6.07) is 10.8. The molecule has 6 heteroatoms. The normalized spacial score (nSPS) is 16.1. The fraction of sp³-hybridized carbons (Fsp3) is 0.176. The van der Waals surface area contributed by atoms with Crippen LogP contribution < -0.4 is 15.4 Å². The molecule has 2 N–H and O–H groups in total. The van der Waals surface area contributed by atoms with E-state index in [0.717, 1.165) is 5.56 Å². The number of amides is 2. The first-order valence-electron chi connectivity index (χ1n) is 7.15. The summed E-state index contributed by atoms with van der Waals surface area (Å²) in [6.07, 6.45) is -1.03. The Hall–Kier alpha value is -2.89. The van der Waals surface area contributed by atoms with Crippen molar-refractivity contribution in [3.63, 3.8) is 0 Å². The highest BCUT2D eigenvalue weighted by Crippen LogP contribution is 2.31. The Bertz CT molecular complexity index is 759. The summed E-state index contributed by atoms with van der Waals surface area (Å²) in [6.45, 7) is 1.91. The van der Waals surface area contributed by atoms with E-state index in [-0.39, 0.29) is 24.1 Å². The maximum absolute atomic E-state index is 12.8.